The summed E-state index contributed by atoms with van der Waals surface area (Å²) in [6.07, 6.45) is 3.09. The molecule has 0 bridgehead atoms. The van der Waals surface area contributed by atoms with Gasteiger partial charge in [-0.3, -0.25) is 15.0 Å². The molecular weight excluding hydrogens is 360 g/mol. The lowest BCUT2D eigenvalue weighted by atomic mass is 9.97. The summed E-state index contributed by atoms with van der Waals surface area (Å²) in [5, 5.41) is 24.5. The van der Waals surface area contributed by atoms with Gasteiger partial charge in [0.05, 0.1) is 11.0 Å². The minimum absolute atomic E-state index is 0. The second-order valence-electron chi connectivity index (χ2n) is 6.10. The van der Waals surface area contributed by atoms with Crippen molar-refractivity contribution in [3.63, 3.8) is 0 Å². The third kappa shape index (κ3) is 4.69. The number of phenols is 1. The van der Waals surface area contributed by atoms with Crippen molar-refractivity contribution in [1.29, 1.82) is 0 Å². The first kappa shape index (κ1) is 20.9. The van der Waals surface area contributed by atoms with Crippen LogP contribution in [0.25, 0.3) is 0 Å². The summed E-state index contributed by atoms with van der Waals surface area (Å²) in [7, 11) is 0. The van der Waals surface area contributed by atoms with Gasteiger partial charge in [0.25, 0.3) is 0 Å². The Morgan fingerprint density at radius 1 is 1.33 bits per heavy atom. The molecular formula is C15H22Cl2FN3O3. The van der Waals surface area contributed by atoms with E-state index in [0.29, 0.717) is 11.5 Å². The van der Waals surface area contributed by atoms with Crippen LogP contribution in [0.2, 0.25) is 0 Å². The molecule has 1 atom stereocenters. The Bertz CT molecular complexity index is 581. The minimum atomic E-state index is -0.728. The van der Waals surface area contributed by atoms with Crippen molar-refractivity contribution in [2.45, 2.75) is 25.3 Å². The maximum Gasteiger partial charge on any atom is 0.313 e. The number of nitro groups is 1. The molecule has 24 heavy (non-hydrogen) atoms. The lowest BCUT2D eigenvalue weighted by molar-refractivity contribution is -0.386. The number of hydrogen-bond acceptors (Lipinski definition) is 5. The molecule has 1 aliphatic carbocycles. The van der Waals surface area contributed by atoms with Crippen molar-refractivity contribution < 1.29 is 14.4 Å². The number of halogens is 3. The number of nitrogens with zero attached hydrogens (tertiary/aromatic N) is 2. The number of benzene rings is 1. The van der Waals surface area contributed by atoms with Gasteiger partial charge in [0.15, 0.2) is 5.75 Å². The Kier molecular flexibility index (Phi) is 7.66. The van der Waals surface area contributed by atoms with Gasteiger partial charge >= 0.3 is 5.69 Å². The zero-order chi connectivity index (χ0) is 15.7. The first-order valence-corrected chi connectivity index (χ1v) is 7.68. The summed E-state index contributed by atoms with van der Waals surface area (Å²) in [6.45, 7) is 3.25. The number of rotatable bonds is 5. The number of phenolic OH excluding ortho intramolecular Hbond substituents is 1. The van der Waals surface area contributed by atoms with E-state index in [1.165, 1.54) is 6.07 Å². The van der Waals surface area contributed by atoms with Crippen molar-refractivity contribution in [3.8, 4) is 5.75 Å². The molecule has 0 unspecified atom stereocenters. The molecule has 1 aromatic rings. The van der Waals surface area contributed by atoms with Crippen LogP contribution in [0.5, 0.6) is 5.75 Å². The van der Waals surface area contributed by atoms with E-state index < -0.39 is 22.2 Å². The van der Waals surface area contributed by atoms with Gasteiger partial charge in [-0.2, -0.15) is 0 Å². The molecule has 1 saturated heterocycles. The number of hydrogen-bond donors (Lipinski definition) is 2. The summed E-state index contributed by atoms with van der Waals surface area (Å²) < 4.78 is 13.8. The molecule has 0 radical (unpaired) electrons. The van der Waals surface area contributed by atoms with E-state index in [0.717, 1.165) is 51.5 Å². The van der Waals surface area contributed by atoms with Gasteiger partial charge in [0.1, 0.15) is 5.82 Å². The molecule has 6 nitrogen and oxygen atoms in total. The van der Waals surface area contributed by atoms with E-state index in [-0.39, 0.29) is 30.9 Å². The SMILES string of the molecule is Cl.Cl.O=[N+]([O-])c1cc(F)cc([C@H](CC2CC2)N2CCNCC2)c1O. The van der Waals surface area contributed by atoms with Crippen LogP contribution in [-0.4, -0.2) is 41.1 Å². The fourth-order valence-electron chi connectivity index (χ4n) is 3.13. The van der Waals surface area contributed by atoms with Crippen LogP contribution >= 0.6 is 24.8 Å². The maximum atomic E-state index is 13.8. The van der Waals surface area contributed by atoms with Crippen LogP contribution in [0, 0.1) is 21.8 Å². The fraction of sp³-hybridized carbons (Fsp3) is 0.600. The Morgan fingerprint density at radius 2 is 1.96 bits per heavy atom. The van der Waals surface area contributed by atoms with Crippen LogP contribution in [0.15, 0.2) is 12.1 Å². The number of aromatic hydroxyl groups is 1. The maximum absolute atomic E-state index is 13.8. The van der Waals surface area contributed by atoms with Crippen LogP contribution in [0.4, 0.5) is 10.1 Å². The summed E-state index contributed by atoms with van der Waals surface area (Å²) in [5.74, 6) is -0.493. The number of piperazine rings is 1. The predicted octanol–water partition coefficient (Wildman–Crippen LogP) is 3.03. The topological polar surface area (TPSA) is 78.6 Å². The van der Waals surface area contributed by atoms with Crippen LogP contribution in [-0.2, 0) is 0 Å². The third-order valence-corrected chi connectivity index (χ3v) is 4.49. The van der Waals surface area contributed by atoms with E-state index in [2.05, 4.69) is 10.2 Å². The van der Waals surface area contributed by atoms with Crippen molar-refractivity contribution >= 4 is 30.5 Å². The zero-order valence-electron chi connectivity index (χ0n) is 13.1. The second-order valence-corrected chi connectivity index (χ2v) is 6.10. The van der Waals surface area contributed by atoms with Crippen molar-refractivity contribution in [2.24, 2.45) is 5.92 Å². The molecule has 3 rings (SSSR count). The smallest absolute Gasteiger partial charge is 0.313 e. The monoisotopic (exact) mass is 381 g/mol. The Labute approximate surface area is 152 Å². The highest BCUT2D eigenvalue weighted by atomic mass is 35.5. The summed E-state index contributed by atoms with van der Waals surface area (Å²) >= 11 is 0. The molecule has 136 valence electrons. The standard InChI is InChI=1S/C15H20FN3O3.2ClH/c16-11-8-12(15(20)14(9-11)19(21)22)13(7-10-1-2-10)18-5-3-17-4-6-18;;/h8-10,13,17,20H,1-7H2;2*1H/t13-;;/m0../s1. The summed E-state index contributed by atoms with van der Waals surface area (Å²) in [6, 6.07) is 1.87. The van der Waals surface area contributed by atoms with Gasteiger partial charge in [-0.15, -0.1) is 24.8 Å². The molecule has 0 spiro atoms. The Hall–Kier alpha value is -1.15. The average molecular weight is 382 g/mol. The number of nitro benzene ring substituents is 1. The normalized spacial score (nSPS) is 19.0. The van der Waals surface area contributed by atoms with E-state index in [4.69, 9.17) is 0 Å². The molecule has 0 aromatic heterocycles. The summed E-state index contributed by atoms with van der Waals surface area (Å²) in [5.41, 5.74) is -0.202. The van der Waals surface area contributed by atoms with Gasteiger partial charge in [0, 0.05) is 37.8 Å². The van der Waals surface area contributed by atoms with Crippen molar-refractivity contribution in [2.75, 3.05) is 26.2 Å². The lowest BCUT2D eigenvalue weighted by Crippen LogP contribution is -2.45. The first-order valence-electron chi connectivity index (χ1n) is 7.68. The number of nitrogens with one attached hydrogen (secondary N) is 1. The van der Waals surface area contributed by atoms with E-state index in [1.807, 2.05) is 0 Å². The van der Waals surface area contributed by atoms with Crippen LogP contribution in [0.3, 0.4) is 0 Å². The van der Waals surface area contributed by atoms with E-state index in [9.17, 15) is 19.6 Å². The molecule has 1 heterocycles. The molecule has 2 N–H and O–H groups in total. The molecule has 1 aromatic carbocycles. The van der Waals surface area contributed by atoms with Crippen molar-refractivity contribution in [3.05, 3.63) is 33.6 Å². The third-order valence-electron chi connectivity index (χ3n) is 4.49. The zero-order valence-corrected chi connectivity index (χ0v) is 14.7. The van der Waals surface area contributed by atoms with Gasteiger partial charge in [0.2, 0.25) is 0 Å². The van der Waals surface area contributed by atoms with E-state index >= 15 is 0 Å². The van der Waals surface area contributed by atoms with Gasteiger partial charge in [-0.1, -0.05) is 12.8 Å². The van der Waals surface area contributed by atoms with Crippen molar-refractivity contribution in [1.82, 2.24) is 10.2 Å². The predicted molar refractivity (Wildman–Crippen MR) is 93.7 cm³/mol. The van der Waals surface area contributed by atoms with E-state index in [1.54, 1.807) is 0 Å². The van der Waals surface area contributed by atoms with Gasteiger partial charge < -0.3 is 10.4 Å². The highest BCUT2D eigenvalue weighted by Gasteiger charge is 2.34. The minimum Gasteiger partial charge on any atom is -0.502 e. The van der Waals surface area contributed by atoms with Gasteiger partial charge in [-0.05, 0) is 18.4 Å². The second kappa shape index (κ2) is 8.80. The first-order chi connectivity index (χ1) is 10.6. The quantitative estimate of drug-likeness (QED) is 0.605. The highest BCUT2D eigenvalue weighted by molar-refractivity contribution is 5.85. The molecule has 2 fully saturated rings. The molecule has 0 amide bonds. The summed E-state index contributed by atoms with van der Waals surface area (Å²) in [4.78, 5) is 12.5. The fourth-order valence-corrected chi connectivity index (χ4v) is 3.13. The lowest BCUT2D eigenvalue weighted by Gasteiger charge is -2.35. The molecule has 2 aliphatic rings. The highest BCUT2D eigenvalue weighted by Crippen LogP contribution is 2.44. The molecule has 1 aliphatic heterocycles. The van der Waals surface area contributed by atoms with Crippen LogP contribution in [0.1, 0.15) is 30.9 Å². The molecule has 1 saturated carbocycles. The Balaban J connectivity index is 0.00000144. The average Bonchev–Trinajstić information content (AvgIpc) is 3.32. The largest absolute Gasteiger partial charge is 0.502 e. The van der Waals surface area contributed by atoms with Crippen LogP contribution < -0.4 is 5.32 Å². The van der Waals surface area contributed by atoms with Gasteiger partial charge in [-0.25, -0.2) is 4.39 Å². The molecule has 9 heteroatoms. The Morgan fingerprint density at radius 3 is 2.50 bits per heavy atom.